The number of aliphatic hydroxyl groups excluding tert-OH is 1. The van der Waals surface area contributed by atoms with Crippen molar-refractivity contribution in [3.8, 4) is 0 Å². The zero-order valence-corrected chi connectivity index (χ0v) is 10.6. The smallest absolute Gasteiger partial charge is 0.235 e. The lowest BCUT2D eigenvalue weighted by Gasteiger charge is -2.36. The molecule has 2 amide bonds. The minimum atomic E-state index is -0.561. The van der Waals surface area contributed by atoms with Crippen molar-refractivity contribution >= 4 is 11.8 Å². The van der Waals surface area contributed by atoms with Crippen LogP contribution in [0.2, 0.25) is 0 Å². The molecule has 96 valence electrons. The highest BCUT2D eigenvalue weighted by Crippen LogP contribution is 2.38. The molecule has 2 rings (SSSR count). The van der Waals surface area contributed by atoms with Gasteiger partial charge in [-0.1, -0.05) is 26.7 Å². The molecule has 0 aromatic carbocycles. The minimum Gasteiger partial charge on any atom is -0.396 e. The molecule has 17 heavy (non-hydrogen) atoms. The molecule has 1 aliphatic carbocycles. The topological polar surface area (TPSA) is 57.6 Å². The lowest BCUT2D eigenvalue weighted by Crippen LogP contribution is -2.47. The predicted octanol–water partition coefficient (Wildman–Crippen LogP) is 1.32. The van der Waals surface area contributed by atoms with Crippen LogP contribution in [0.25, 0.3) is 0 Å². The van der Waals surface area contributed by atoms with E-state index >= 15 is 0 Å². The average Bonchev–Trinajstić information content (AvgIpc) is 2.48. The second-order valence-corrected chi connectivity index (χ2v) is 5.92. The van der Waals surface area contributed by atoms with Gasteiger partial charge in [-0.2, -0.15) is 0 Å². The number of amides is 2. The summed E-state index contributed by atoms with van der Waals surface area (Å²) in [7, 11) is 0. The molecule has 1 saturated carbocycles. The number of carbonyl (C=O) groups is 2. The molecule has 0 spiro atoms. The molecular formula is C13H21NO3. The molecule has 1 aliphatic heterocycles. The average molecular weight is 239 g/mol. The Kier molecular flexibility index (Phi) is 3.25. The molecule has 1 saturated heterocycles. The van der Waals surface area contributed by atoms with Crippen LogP contribution >= 0.6 is 0 Å². The molecule has 0 aromatic heterocycles. The normalized spacial score (nSPS) is 33.2. The van der Waals surface area contributed by atoms with Gasteiger partial charge in [-0.25, -0.2) is 0 Å². The summed E-state index contributed by atoms with van der Waals surface area (Å²) in [5, 5.41) is 9.38. The van der Waals surface area contributed by atoms with Gasteiger partial charge >= 0.3 is 0 Å². The first-order valence-electron chi connectivity index (χ1n) is 6.45. The van der Waals surface area contributed by atoms with Gasteiger partial charge in [0.2, 0.25) is 11.8 Å². The Morgan fingerprint density at radius 3 is 2.47 bits per heavy atom. The van der Waals surface area contributed by atoms with Crippen LogP contribution in [0.4, 0.5) is 0 Å². The van der Waals surface area contributed by atoms with E-state index in [0.29, 0.717) is 6.42 Å². The van der Waals surface area contributed by atoms with Crippen molar-refractivity contribution in [1.29, 1.82) is 0 Å². The molecule has 0 aromatic rings. The molecule has 0 radical (unpaired) electrons. The molecule has 4 heteroatoms. The van der Waals surface area contributed by atoms with E-state index in [0.717, 1.165) is 25.7 Å². The fraction of sp³-hybridized carbons (Fsp3) is 0.846. The van der Waals surface area contributed by atoms with E-state index in [-0.39, 0.29) is 30.4 Å². The van der Waals surface area contributed by atoms with E-state index in [9.17, 15) is 14.7 Å². The Bertz CT molecular complexity index is 338. The van der Waals surface area contributed by atoms with Crippen molar-refractivity contribution in [2.45, 2.75) is 52.0 Å². The summed E-state index contributed by atoms with van der Waals surface area (Å²) in [6, 6.07) is -0.0736. The number of hydrogen-bond acceptors (Lipinski definition) is 3. The lowest BCUT2D eigenvalue weighted by molar-refractivity contribution is -0.146. The summed E-state index contributed by atoms with van der Waals surface area (Å²) in [6.45, 7) is 3.72. The van der Waals surface area contributed by atoms with E-state index in [1.807, 2.05) is 13.8 Å². The van der Waals surface area contributed by atoms with E-state index in [4.69, 9.17) is 0 Å². The fourth-order valence-electron chi connectivity index (χ4n) is 3.05. The van der Waals surface area contributed by atoms with Gasteiger partial charge in [0.05, 0.1) is 5.41 Å². The SMILES string of the molecule is CC1(C)CC(=O)N(C2CCCCC2CO)C1=O. The van der Waals surface area contributed by atoms with Gasteiger partial charge in [0.25, 0.3) is 0 Å². The van der Waals surface area contributed by atoms with Crippen molar-refractivity contribution in [1.82, 2.24) is 4.90 Å². The quantitative estimate of drug-likeness (QED) is 0.739. The molecule has 2 atom stereocenters. The molecule has 0 bridgehead atoms. The summed E-state index contributed by atoms with van der Waals surface area (Å²) in [5.74, 6) is -0.0521. The van der Waals surface area contributed by atoms with Crippen LogP contribution in [-0.4, -0.2) is 34.5 Å². The van der Waals surface area contributed by atoms with E-state index in [1.165, 1.54) is 4.90 Å². The number of likely N-dealkylation sites (tertiary alicyclic amines) is 1. The minimum absolute atomic E-state index is 0.0622. The van der Waals surface area contributed by atoms with Crippen molar-refractivity contribution in [2.75, 3.05) is 6.61 Å². The number of imide groups is 1. The maximum Gasteiger partial charge on any atom is 0.235 e. The van der Waals surface area contributed by atoms with Gasteiger partial charge in [0, 0.05) is 25.0 Å². The van der Waals surface area contributed by atoms with Gasteiger partial charge in [-0.15, -0.1) is 0 Å². The fourth-order valence-corrected chi connectivity index (χ4v) is 3.05. The maximum absolute atomic E-state index is 12.2. The third-order valence-corrected chi connectivity index (χ3v) is 4.09. The largest absolute Gasteiger partial charge is 0.396 e. The zero-order valence-electron chi connectivity index (χ0n) is 10.6. The first kappa shape index (κ1) is 12.6. The maximum atomic E-state index is 12.2. The number of carbonyl (C=O) groups excluding carboxylic acids is 2. The van der Waals surface area contributed by atoms with E-state index in [2.05, 4.69) is 0 Å². The van der Waals surface area contributed by atoms with E-state index in [1.54, 1.807) is 0 Å². The Hall–Kier alpha value is -0.900. The summed E-state index contributed by atoms with van der Waals surface area (Å²) in [4.78, 5) is 25.7. The Balaban J connectivity index is 2.21. The summed E-state index contributed by atoms with van der Waals surface area (Å²) in [5.41, 5.74) is -0.561. The monoisotopic (exact) mass is 239 g/mol. The first-order valence-corrected chi connectivity index (χ1v) is 6.45. The second-order valence-electron chi connectivity index (χ2n) is 5.92. The summed E-state index contributed by atoms with van der Waals surface area (Å²) >= 11 is 0. The molecule has 1 N–H and O–H groups in total. The van der Waals surface area contributed by atoms with Crippen LogP contribution in [0.1, 0.15) is 46.0 Å². The zero-order chi connectivity index (χ0) is 12.6. The van der Waals surface area contributed by atoms with Gasteiger partial charge in [-0.3, -0.25) is 14.5 Å². The Morgan fingerprint density at radius 2 is 1.94 bits per heavy atom. The van der Waals surface area contributed by atoms with Crippen molar-refractivity contribution in [3.05, 3.63) is 0 Å². The highest BCUT2D eigenvalue weighted by Gasteiger charge is 2.49. The Labute approximate surface area is 102 Å². The highest BCUT2D eigenvalue weighted by atomic mass is 16.3. The van der Waals surface area contributed by atoms with Crippen LogP contribution in [0.15, 0.2) is 0 Å². The van der Waals surface area contributed by atoms with Crippen molar-refractivity contribution < 1.29 is 14.7 Å². The van der Waals surface area contributed by atoms with Crippen LogP contribution in [-0.2, 0) is 9.59 Å². The highest BCUT2D eigenvalue weighted by molar-refractivity contribution is 6.05. The van der Waals surface area contributed by atoms with Gasteiger partial charge in [0.1, 0.15) is 0 Å². The molecule has 2 unspecified atom stereocenters. The van der Waals surface area contributed by atoms with Crippen molar-refractivity contribution in [3.63, 3.8) is 0 Å². The standard InChI is InChI=1S/C13H21NO3/c1-13(2)7-11(16)14(12(13)17)10-6-4-3-5-9(10)8-15/h9-10,15H,3-8H2,1-2H3. The predicted molar refractivity (Wildman–Crippen MR) is 63.1 cm³/mol. The van der Waals surface area contributed by atoms with E-state index < -0.39 is 5.41 Å². The van der Waals surface area contributed by atoms with Crippen molar-refractivity contribution in [2.24, 2.45) is 11.3 Å². The molecular weight excluding hydrogens is 218 g/mol. The molecule has 2 fully saturated rings. The van der Waals surface area contributed by atoms with Gasteiger partial charge < -0.3 is 5.11 Å². The molecule has 2 aliphatic rings. The van der Waals surface area contributed by atoms with Crippen LogP contribution in [0.5, 0.6) is 0 Å². The Morgan fingerprint density at radius 1 is 1.29 bits per heavy atom. The van der Waals surface area contributed by atoms with Crippen LogP contribution in [0.3, 0.4) is 0 Å². The molecule has 1 heterocycles. The molecule has 4 nitrogen and oxygen atoms in total. The van der Waals surface area contributed by atoms with Gasteiger partial charge in [-0.05, 0) is 12.8 Å². The number of hydrogen-bond donors (Lipinski definition) is 1. The lowest BCUT2D eigenvalue weighted by atomic mass is 9.84. The number of rotatable bonds is 2. The summed E-state index contributed by atoms with van der Waals surface area (Å²) < 4.78 is 0. The third kappa shape index (κ3) is 2.10. The second kappa shape index (κ2) is 4.41. The van der Waals surface area contributed by atoms with Crippen LogP contribution < -0.4 is 0 Å². The summed E-state index contributed by atoms with van der Waals surface area (Å²) in [6.07, 6.45) is 4.19. The number of aliphatic hydroxyl groups is 1. The van der Waals surface area contributed by atoms with Crippen LogP contribution in [0, 0.1) is 11.3 Å². The van der Waals surface area contributed by atoms with Gasteiger partial charge in [0.15, 0.2) is 0 Å². The first-order chi connectivity index (χ1) is 7.97. The number of nitrogens with zero attached hydrogens (tertiary/aromatic N) is 1. The third-order valence-electron chi connectivity index (χ3n) is 4.09.